The maximum Gasteiger partial charge on any atom is 0.0214 e. The first-order valence-corrected chi connectivity index (χ1v) is 6.32. The topological polar surface area (TPSA) is 38.0 Å². The smallest absolute Gasteiger partial charge is 0.0214 e. The first-order chi connectivity index (χ1) is 6.81. The molecule has 0 bridgehead atoms. The maximum absolute atomic E-state index is 6.16. The highest BCUT2D eigenvalue weighted by Crippen LogP contribution is 2.21. The van der Waals surface area contributed by atoms with Crippen LogP contribution in [0.3, 0.4) is 0 Å². The summed E-state index contributed by atoms with van der Waals surface area (Å²) in [5.41, 5.74) is 6.64. The van der Waals surface area contributed by atoms with E-state index in [-0.39, 0.29) is 11.5 Å². The molecule has 1 atom stereocenters. The molecule has 0 aromatic carbocycles. The molecule has 0 aliphatic heterocycles. The van der Waals surface area contributed by atoms with Crippen molar-refractivity contribution >= 4 is 0 Å². The third-order valence-electron chi connectivity index (χ3n) is 3.84. The Hall–Kier alpha value is -0.0800. The van der Waals surface area contributed by atoms with Crippen LogP contribution in [0, 0.1) is 5.41 Å². The van der Waals surface area contributed by atoms with Crippen molar-refractivity contribution < 1.29 is 0 Å². The van der Waals surface area contributed by atoms with Crippen molar-refractivity contribution in [3.63, 3.8) is 0 Å². The Balaban J connectivity index is 4.23. The van der Waals surface area contributed by atoms with Crippen LogP contribution in [0.15, 0.2) is 0 Å². The lowest BCUT2D eigenvalue weighted by atomic mass is 9.85. The van der Waals surface area contributed by atoms with E-state index in [9.17, 15) is 0 Å². The van der Waals surface area contributed by atoms with Gasteiger partial charge in [0.1, 0.15) is 0 Å². The second kappa shape index (κ2) is 5.86. The predicted molar refractivity (Wildman–Crippen MR) is 69.0 cm³/mol. The molecule has 2 nitrogen and oxygen atoms in total. The largest absolute Gasteiger partial charge is 0.326 e. The van der Waals surface area contributed by atoms with Crippen LogP contribution in [0.25, 0.3) is 0 Å². The Labute approximate surface area is 96.0 Å². The Morgan fingerprint density at radius 2 is 1.40 bits per heavy atom. The molecule has 92 valence electrons. The lowest BCUT2D eigenvalue weighted by molar-refractivity contribution is 0.241. The van der Waals surface area contributed by atoms with Crippen molar-refractivity contribution in [1.82, 2.24) is 5.32 Å². The molecular formula is C13H30N2. The molecule has 0 saturated carbocycles. The molecule has 0 aromatic heterocycles. The zero-order valence-corrected chi connectivity index (χ0v) is 11.5. The van der Waals surface area contributed by atoms with E-state index in [4.69, 9.17) is 5.73 Å². The molecule has 0 aliphatic carbocycles. The number of nitrogens with two attached hydrogens (primary N) is 1. The zero-order chi connectivity index (χ0) is 12.1. The van der Waals surface area contributed by atoms with Crippen molar-refractivity contribution in [2.45, 2.75) is 72.4 Å². The van der Waals surface area contributed by atoms with Gasteiger partial charge in [-0.25, -0.2) is 0 Å². The van der Waals surface area contributed by atoms with E-state index >= 15 is 0 Å². The Morgan fingerprint density at radius 1 is 1.00 bits per heavy atom. The van der Waals surface area contributed by atoms with Crippen molar-refractivity contribution in [3.8, 4) is 0 Å². The van der Waals surface area contributed by atoms with Gasteiger partial charge in [-0.2, -0.15) is 0 Å². The molecule has 0 spiro atoms. The molecule has 0 fully saturated rings. The van der Waals surface area contributed by atoms with E-state index in [0.29, 0.717) is 5.54 Å². The first-order valence-electron chi connectivity index (χ1n) is 6.32. The Bertz CT molecular complexity index is 158. The van der Waals surface area contributed by atoms with Gasteiger partial charge in [0.15, 0.2) is 0 Å². The molecule has 15 heavy (non-hydrogen) atoms. The second-order valence-electron chi connectivity index (χ2n) is 5.69. The van der Waals surface area contributed by atoms with Gasteiger partial charge < -0.3 is 11.1 Å². The standard InChI is InChI=1S/C13H30N2/c1-7-13(8-2,9-3)15-10-11(14)12(4,5)6/h11,15H,7-10,14H2,1-6H3. The van der Waals surface area contributed by atoms with Gasteiger partial charge in [0, 0.05) is 18.1 Å². The summed E-state index contributed by atoms with van der Waals surface area (Å²) in [4.78, 5) is 0. The van der Waals surface area contributed by atoms with Gasteiger partial charge in [-0.3, -0.25) is 0 Å². The molecule has 0 aliphatic rings. The monoisotopic (exact) mass is 214 g/mol. The fourth-order valence-electron chi connectivity index (χ4n) is 1.76. The summed E-state index contributed by atoms with van der Waals surface area (Å²) in [7, 11) is 0. The average Bonchev–Trinajstić information content (AvgIpc) is 2.19. The molecule has 0 saturated heterocycles. The minimum absolute atomic E-state index is 0.188. The van der Waals surface area contributed by atoms with Gasteiger partial charge in [-0.1, -0.05) is 41.5 Å². The summed E-state index contributed by atoms with van der Waals surface area (Å²) in [5, 5.41) is 3.66. The molecule has 2 heteroatoms. The zero-order valence-electron chi connectivity index (χ0n) is 11.5. The number of hydrogen-bond acceptors (Lipinski definition) is 2. The van der Waals surface area contributed by atoms with Gasteiger partial charge in [0.25, 0.3) is 0 Å². The highest BCUT2D eigenvalue weighted by molar-refractivity contribution is 4.88. The van der Waals surface area contributed by atoms with Crippen molar-refractivity contribution in [1.29, 1.82) is 0 Å². The minimum Gasteiger partial charge on any atom is -0.326 e. The predicted octanol–water partition coefficient (Wildman–Crippen LogP) is 2.92. The quantitative estimate of drug-likeness (QED) is 0.713. The first kappa shape index (κ1) is 14.9. The van der Waals surface area contributed by atoms with E-state index in [1.807, 2.05) is 0 Å². The third kappa shape index (κ3) is 4.52. The van der Waals surface area contributed by atoms with Crippen LogP contribution in [0.1, 0.15) is 60.8 Å². The average molecular weight is 214 g/mol. The van der Waals surface area contributed by atoms with Crippen LogP contribution in [-0.2, 0) is 0 Å². The summed E-state index contributed by atoms with van der Waals surface area (Å²) < 4.78 is 0. The van der Waals surface area contributed by atoms with Crippen molar-refractivity contribution in [2.24, 2.45) is 11.1 Å². The van der Waals surface area contributed by atoms with Crippen LogP contribution in [0.2, 0.25) is 0 Å². The number of nitrogens with one attached hydrogen (secondary N) is 1. The van der Waals surface area contributed by atoms with E-state index in [0.717, 1.165) is 6.54 Å². The summed E-state index contributed by atoms with van der Waals surface area (Å²) in [5.74, 6) is 0. The van der Waals surface area contributed by atoms with Crippen LogP contribution in [0.5, 0.6) is 0 Å². The van der Waals surface area contributed by atoms with E-state index in [2.05, 4.69) is 46.9 Å². The van der Waals surface area contributed by atoms with Crippen LogP contribution >= 0.6 is 0 Å². The molecule has 0 aromatic rings. The van der Waals surface area contributed by atoms with Gasteiger partial charge in [0.2, 0.25) is 0 Å². The van der Waals surface area contributed by atoms with Crippen molar-refractivity contribution in [2.75, 3.05) is 6.54 Å². The summed E-state index contributed by atoms with van der Waals surface area (Å²) >= 11 is 0. The molecular weight excluding hydrogens is 184 g/mol. The highest BCUT2D eigenvalue weighted by Gasteiger charge is 2.26. The van der Waals surface area contributed by atoms with E-state index < -0.39 is 0 Å². The molecule has 0 rings (SSSR count). The highest BCUT2D eigenvalue weighted by atomic mass is 15.0. The molecule has 1 unspecified atom stereocenters. The SMILES string of the molecule is CCC(CC)(CC)NCC(N)C(C)(C)C. The summed E-state index contributed by atoms with van der Waals surface area (Å²) in [6, 6.07) is 0.224. The lowest BCUT2D eigenvalue weighted by Crippen LogP contribution is -2.52. The fraction of sp³-hybridized carbons (Fsp3) is 1.00. The number of rotatable bonds is 6. The normalized spacial score (nSPS) is 15.4. The van der Waals surface area contributed by atoms with Gasteiger partial charge in [-0.05, 0) is 24.7 Å². The second-order valence-corrected chi connectivity index (χ2v) is 5.69. The Morgan fingerprint density at radius 3 is 1.67 bits per heavy atom. The molecule has 0 amide bonds. The van der Waals surface area contributed by atoms with Crippen molar-refractivity contribution in [3.05, 3.63) is 0 Å². The van der Waals surface area contributed by atoms with Crippen LogP contribution in [-0.4, -0.2) is 18.1 Å². The minimum atomic E-state index is 0.188. The maximum atomic E-state index is 6.16. The summed E-state index contributed by atoms with van der Waals surface area (Å²) in [6.45, 7) is 14.3. The van der Waals surface area contributed by atoms with E-state index in [1.165, 1.54) is 19.3 Å². The van der Waals surface area contributed by atoms with Gasteiger partial charge >= 0.3 is 0 Å². The summed E-state index contributed by atoms with van der Waals surface area (Å²) in [6.07, 6.45) is 3.53. The van der Waals surface area contributed by atoms with Crippen LogP contribution in [0.4, 0.5) is 0 Å². The third-order valence-corrected chi connectivity index (χ3v) is 3.84. The fourth-order valence-corrected chi connectivity index (χ4v) is 1.76. The van der Waals surface area contributed by atoms with Gasteiger partial charge in [-0.15, -0.1) is 0 Å². The Kier molecular flexibility index (Phi) is 5.82. The number of hydrogen-bond donors (Lipinski definition) is 2. The molecule has 0 heterocycles. The van der Waals surface area contributed by atoms with Gasteiger partial charge in [0.05, 0.1) is 0 Å². The lowest BCUT2D eigenvalue weighted by Gasteiger charge is -2.36. The molecule has 3 N–H and O–H groups in total. The van der Waals surface area contributed by atoms with E-state index in [1.54, 1.807) is 0 Å². The molecule has 0 radical (unpaired) electrons. The van der Waals surface area contributed by atoms with Crippen LogP contribution < -0.4 is 11.1 Å².